The number of hydrogen-bond acceptors (Lipinski definition) is 4. The fourth-order valence-electron chi connectivity index (χ4n) is 1.40. The van der Waals surface area contributed by atoms with E-state index in [0.29, 0.717) is 19.6 Å². The first-order valence-electron chi connectivity index (χ1n) is 6.00. The van der Waals surface area contributed by atoms with E-state index in [0.717, 1.165) is 19.5 Å². The molecule has 0 spiro atoms. The third kappa shape index (κ3) is 7.72. The summed E-state index contributed by atoms with van der Waals surface area (Å²) in [6, 6.07) is 2.03. The van der Waals surface area contributed by atoms with E-state index in [1.807, 2.05) is 20.0 Å². The minimum atomic E-state index is -0.510. The molecule has 0 aromatic rings. The third-order valence-electron chi connectivity index (χ3n) is 2.52. The van der Waals surface area contributed by atoms with Crippen LogP contribution in [0.1, 0.15) is 19.8 Å². The molecule has 5 heteroatoms. The molecular formula is C12H23N3O2. The zero-order valence-corrected chi connectivity index (χ0v) is 11.0. The zero-order chi connectivity index (χ0) is 13.1. The SMILES string of the molecule is CCCC(C#N)C(=O)NCCN(C)CCOC. The lowest BCUT2D eigenvalue weighted by Gasteiger charge is -2.16. The minimum absolute atomic E-state index is 0.158. The van der Waals surface area contributed by atoms with Gasteiger partial charge in [0.1, 0.15) is 5.92 Å². The Hall–Kier alpha value is -1.12. The van der Waals surface area contributed by atoms with Crippen molar-refractivity contribution in [3.63, 3.8) is 0 Å². The lowest BCUT2D eigenvalue weighted by Crippen LogP contribution is -2.37. The lowest BCUT2D eigenvalue weighted by molar-refractivity contribution is -0.123. The summed E-state index contributed by atoms with van der Waals surface area (Å²) in [6.45, 7) is 4.82. The predicted octanol–water partition coefficient (Wildman–Crippen LogP) is 0.621. The molecule has 0 heterocycles. The van der Waals surface area contributed by atoms with Crippen molar-refractivity contribution >= 4 is 5.91 Å². The Bertz CT molecular complexity index is 251. The molecule has 0 rings (SSSR count). The van der Waals surface area contributed by atoms with Gasteiger partial charge in [-0.15, -0.1) is 0 Å². The monoisotopic (exact) mass is 241 g/mol. The van der Waals surface area contributed by atoms with Crippen LogP contribution < -0.4 is 5.32 Å². The summed E-state index contributed by atoms with van der Waals surface area (Å²) in [5.74, 6) is -0.668. The average molecular weight is 241 g/mol. The molecule has 0 fully saturated rings. The molecule has 1 amide bonds. The second kappa shape index (κ2) is 10.1. The Morgan fingerprint density at radius 1 is 1.53 bits per heavy atom. The molecular weight excluding hydrogens is 218 g/mol. The van der Waals surface area contributed by atoms with Gasteiger partial charge in [0, 0.05) is 26.7 Å². The van der Waals surface area contributed by atoms with Crippen LogP contribution in [0.5, 0.6) is 0 Å². The van der Waals surface area contributed by atoms with Crippen LogP contribution in [0.2, 0.25) is 0 Å². The number of likely N-dealkylation sites (N-methyl/N-ethyl adjacent to an activating group) is 1. The van der Waals surface area contributed by atoms with Crippen LogP contribution in [0.3, 0.4) is 0 Å². The molecule has 0 aliphatic rings. The number of carbonyl (C=O) groups excluding carboxylic acids is 1. The third-order valence-corrected chi connectivity index (χ3v) is 2.52. The van der Waals surface area contributed by atoms with Crippen LogP contribution in [0, 0.1) is 17.2 Å². The normalized spacial score (nSPS) is 12.2. The first-order chi connectivity index (χ1) is 8.15. The van der Waals surface area contributed by atoms with Crippen molar-refractivity contribution in [2.75, 3.05) is 40.4 Å². The second-order valence-corrected chi connectivity index (χ2v) is 4.06. The summed E-state index contributed by atoms with van der Waals surface area (Å²) >= 11 is 0. The number of nitrogens with zero attached hydrogens (tertiary/aromatic N) is 2. The number of nitriles is 1. The first kappa shape index (κ1) is 15.9. The van der Waals surface area contributed by atoms with E-state index in [4.69, 9.17) is 10.00 Å². The molecule has 1 atom stereocenters. The van der Waals surface area contributed by atoms with Crippen molar-refractivity contribution in [2.45, 2.75) is 19.8 Å². The molecule has 0 aromatic carbocycles. The van der Waals surface area contributed by atoms with Gasteiger partial charge in [0.15, 0.2) is 0 Å². The number of hydrogen-bond donors (Lipinski definition) is 1. The maximum absolute atomic E-state index is 11.6. The molecule has 1 N–H and O–H groups in total. The fourth-order valence-corrected chi connectivity index (χ4v) is 1.40. The standard InChI is InChI=1S/C12H23N3O2/c1-4-5-11(10-13)12(16)14-6-7-15(2)8-9-17-3/h11H,4-9H2,1-3H3,(H,14,16). The van der Waals surface area contributed by atoms with E-state index in [-0.39, 0.29) is 5.91 Å². The van der Waals surface area contributed by atoms with E-state index in [1.165, 1.54) is 0 Å². The summed E-state index contributed by atoms with van der Waals surface area (Å²) in [5, 5.41) is 11.6. The van der Waals surface area contributed by atoms with Crippen LogP contribution in [0.4, 0.5) is 0 Å². The Morgan fingerprint density at radius 3 is 2.76 bits per heavy atom. The van der Waals surface area contributed by atoms with Gasteiger partial charge in [0.05, 0.1) is 12.7 Å². The quantitative estimate of drug-likeness (QED) is 0.642. The van der Waals surface area contributed by atoms with Crippen molar-refractivity contribution in [3.05, 3.63) is 0 Å². The van der Waals surface area contributed by atoms with E-state index in [1.54, 1.807) is 7.11 Å². The summed E-state index contributed by atoms with van der Waals surface area (Å²) in [7, 11) is 3.64. The average Bonchev–Trinajstić information content (AvgIpc) is 2.33. The highest BCUT2D eigenvalue weighted by Crippen LogP contribution is 2.04. The topological polar surface area (TPSA) is 65.4 Å². The van der Waals surface area contributed by atoms with Crippen LogP contribution in [0.25, 0.3) is 0 Å². The Morgan fingerprint density at radius 2 is 2.24 bits per heavy atom. The van der Waals surface area contributed by atoms with Gasteiger partial charge in [0.2, 0.25) is 5.91 Å². The maximum atomic E-state index is 11.6. The Kier molecular flexibility index (Phi) is 9.40. The van der Waals surface area contributed by atoms with E-state index >= 15 is 0 Å². The first-order valence-corrected chi connectivity index (χ1v) is 6.00. The molecule has 0 radical (unpaired) electrons. The molecule has 0 aromatic heterocycles. The van der Waals surface area contributed by atoms with Crippen molar-refractivity contribution in [2.24, 2.45) is 5.92 Å². The van der Waals surface area contributed by atoms with Gasteiger partial charge in [-0.3, -0.25) is 4.79 Å². The van der Waals surface area contributed by atoms with Gasteiger partial charge in [-0.25, -0.2) is 0 Å². The number of amides is 1. The molecule has 0 aliphatic carbocycles. The van der Waals surface area contributed by atoms with Crippen LogP contribution in [-0.2, 0) is 9.53 Å². The summed E-state index contributed by atoms with van der Waals surface area (Å²) in [6.07, 6.45) is 1.47. The highest BCUT2D eigenvalue weighted by atomic mass is 16.5. The van der Waals surface area contributed by atoms with Gasteiger partial charge in [-0.05, 0) is 13.5 Å². The predicted molar refractivity (Wildman–Crippen MR) is 66.4 cm³/mol. The van der Waals surface area contributed by atoms with Crippen LogP contribution in [-0.4, -0.2) is 51.2 Å². The van der Waals surface area contributed by atoms with E-state index in [9.17, 15) is 4.79 Å². The van der Waals surface area contributed by atoms with Crippen molar-refractivity contribution in [1.82, 2.24) is 10.2 Å². The van der Waals surface area contributed by atoms with Crippen molar-refractivity contribution in [3.8, 4) is 6.07 Å². The Labute approximate surface area is 104 Å². The van der Waals surface area contributed by atoms with Crippen molar-refractivity contribution in [1.29, 1.82) is 5.26 Å². The van der Waals surface area contributed by atoms with Gasteiger partial charge >= 0.3 is 0 Å². The number of carbonyl (C=O) groups is 1. The molecule has 98 valence electrons. The maximum Gasteiger partial charge on any atom is 0.237 e. The van der Waals surface area contributed by atoms with Gasteiger partial charge in [-0.2, -0.15) is 5.26 Å². The molecule has 0 aliphatic heterocycles. The van der Waals surface area contributed by atoms with Gasteiger partial charge in [-0.1, -0.05) is 13.3 Å². The number of methoxy groups -OCH3 is 1. The molecule has 17 heavy (non-hydrogen) atoms. The largest absolute Gasteiger partial charge is 0.383 e. The summed E-state index contributed by atoms with van der Waals surface area (Å²) < 4.78 is 4.96. The molecule has 5 nitrogen and oxygen atoms in total. The summed E-state index contributed by atoms with van der Waals surface area (Å²) in [4.78, 5) is 13.7. The second-order valence-electron chi connectivity index (χ2n) is 4.06. The smallest absolute Gasteiger partial charge is 0.237 e. The van der Waals surface area contributed by atoms with Gasteiger partial charge in [0.25, 0.3) is 0 Å². The van der Waals surface area contributed by atoms with E-state index < -0.39 is 5.92 Å². The molecule has 0 saturated carbocycles. The summed E-state index contributed by atoms with van der Waals surface area (Å²) in [5.41, 5.74) is 0. The minimum Gasteiger partial charge on any atom is -0.383 e. The fraction of sp³-hybridized carbons (Fsp3) is 0.833. The van der Waals surface area contributed by atoms with Gasteiger partial charge < -0.3 is 15.0 Å². The highest BCUT2D eigenvalue weighted by molar-refractivity contribution is 5.80. The zero-order valence-electron chi connectivity index (χ0n) is 11.0. The van der Waals surface area contributed by atoms with E-state index in [2.05, 4.69) is 10.2 Å². The lowest BCUT2D eigenvalue weighted by atomic mass is 10.1. The molecule has 1 unspecified atom stereocenters. The molecule has 0 saturated heterocycles. The van der Waals surface area contributed by atoms with Crippen LogP contribution in [0.15, 0.2) is 0 Å². The highest BCUT2D eigenvalue weighted by Gasteiger charge is 2.15. The van der Waals surface area contributed by atoms with Crippen molar-refractivity contribution < 1.29 is 9.53 Å². The molecule has 0 bridgehead atoms. The number of ether oxygens (including phenoxy) is 1. The number of rotatable bonds is 9. The van der Waals surface area contributed by atoms with Crippen LogP contribution >= 0.6 is 0 Å². The Balaban J connectivity index is 3.73. The number of nitrogens with one attached hydrogen (secondary N) is 1.